The molecule has 0 aliphatic carbocycles. The lowest BCUT2D eigenvalue weighted by Crippen LogP contribution is -2.18. The molecule has 0 saturated heterocycles. The van der Waals surface area contributed by atoms with E-state index >= 15 is 0 Å². The zero-order chi connectivity index (χ0) is 14.0. The van der Waals surface area contributed by atoms with Gasteiger partial charge in [0.15, 0.2) is 11.5 Å². The molecule has 0 unspecified atom stereocenters. The number of oxazole rings is 1. The van der Waals surface area contributed by atoms with Crippen molar-refractivity contribution >= 4 is 34.5 Å². The fourth-order valence-electron chi connectivity index (χ4n) is 1.60. The van der Waals surface area contributed by atoms with Gasteiger partial charge in [-0.05, 0) is 18.2 Å². The monoisotopic (exact) mass is 278 g/mol. The first-order valence-corrected chi connectivity index (χ1v) is 7.13. The van der Waals surface area contributed by atoms with Gasteiger partial charge < -0.3 is 9.73 Å². The maximum atomic E-state index is 11.8. The van der Waals surface area contributed by atoms with Crippen molar-refractivity contribution in [2.75, 3.05) is 11.1 Å². The summed E-state index contributed by atoms with van der Waals surface area (Å²) in [6.07, 6.45) is 0. The largest absolute Gasteiger partial charge is 0.441 e. The molecule has 5 heteroatoms. The number of rotatable bonds is 3. The Morgan fingerprint density at radius 3 is 2.84 bits per heavy atom. The molecule has 0 bridgehead atoms. The second kappa shape index (κ2) is 5.25. The lowest BCUT2D eigenvalue weighted by molar-refractivity contribution is -0.113. The van der Waals surface area contributed by atoms with E-state index in [9.17, 15) is 4.79 Å². The van der Waals surface area contributed by atoms with Crippen molar-refractivity contribution in [1.29, 1.82) is 0 Å². The van der Waals surface area contributed by atoms with E-state index in [4.69, 9.17) is 4.42 Å². The van der Waals surface area contributed by atoms with Gasteiger partial charge in [-0.3, -0.25) is 4.79 Å². The van der Waals surface area contributed by atoms with Gasteiger partial charge in [0.2, 0.25) is 5.91 Å². The van der Waals surface area contributed by atoms with Crippen LogP contribution in [0.25, 0.3) is 11.1 Å². The Morgan fingerprint density at radius 1 is 1.42 bits per heavy atom. The maximum absolute atomic E-state index is 11.8. The maximum Gasteiger partial charge on any atom is 0.234 e. The minimum atomic E-state index is -0.000471. The Balaban J connectivity index is 2.02. The van der Waals surface area contributed by atoms with Crippen LogP contribution in [0.3, 0.4) is 0 Å². The molecule has 2 rings (SSSR count). The molecule has 0 fully saturated rings. The zero-order valence-electron chi connectivity index (χ0n) is 11.6. The van der Waals surface area contributed by atoms with E-state index in [0.717, 1.165) is 16.8 Å². The molecular weight excluding hydrogens is 260 g/mol. The molecule has 1 heterocycles. The summed E-state index contributed by atoms with van der Waals surface area (Å²) in [6, 6.07) is 5.47. The first kappa shape index (κ1) is 13.9. The minimum Gasteiger partial charge on any atom is -0.441 e. The standard InChI is InChI=1S/C14H18N2O2S/c1-9-15-11-7-10(5-6-12(11)18-9)16-13(17)8-19-14(2,3)4/h5-7H,8H2,1-4H3,(H,16,17). The van der Waals surface area contributed by atoms with E-state index < -0.39 is 0 Å². The summed E-state index contributed by atoms with van der Waals surface area (Å²) in [5.74, 6) is 1.07. The number of nitrogens with one attached hydrogen (secondary N) is 1. The number of fused-ring (bicyclic) bond motifs is 1. The summed E-state index contributed by atoms with van der Waals surface area (Å²) in [6.45, 7) is 8.08. The van der Waals surface area contributed by atoms with Crippen LogP contribution in [0.5, 0.6) is 0 Å². The summed E-state index contributed by atoms with van der Waals surface area (Å²) >= 11 is 1.62. The van der Waals surface area contributed by atoms with Crippen LogP contribution >= 0.6 is 11.8 Å². The summed E-state index contributed by atoms with van der Waals surface area (Å²) in [5, 5.41) is 2.87. The molecular formula is C14H18N2O2S. The van der Waals surface area contributed by atoms with Crippen LogP contribution in [0.1, 0.15) is 26.7 Å². The third kappa shape index (κ3) is 3.99. The van der Waals surface area contributed by atoms with Crippen molar-refractivity contribution < 1.29 is 9.21 Å². The van der Waals surface area contributed by atoms with Crippen LogP contribution in [-0.4, -0.2) is 21.4 Å². The zero-order valence-corrected chi connectivity index (χ0v) is 12.4. The van der Waals surface area contributed by atoms with Gasteiger partial charge in [-0.25, -0.2) is 4.98 Å². The molecule has 0 aliphatic rings. The predicted molar refractivity (Wildman–Crippen MR) is 79.6 cm³/mol. The van der Waals surface area contributed by atoms with E-state index in [1.54, 1.807) is 18.7 Å². The highest BCUT2D eigenvalue weighted by Gasteiger charge is 2.13. The lowest BCUT2D eigenvalue weighted by Gasteiger charge is -2.16. The van der Waals surface area contributed by atoms with Gasteiger partial charge in [-0.15, -0.1) is 11.8 Å². The molecule has 0 saturated carbocycles. The van der Waals surface area contributed by atoms with Crippen molar-refractivity contribution in [3.8, 4) is 0 Å². The molecule has 19 heavy (non-hydrogen) atoms. The number of nitrogens with zero attached hydrogens (tertiary/aromatic N) is 1. The fourth-order valence-corrected chi connectivity index (χ4v) is 2.24. The van der Waals surface area contributed by atoms with Gasteiger partial charge in [0.1, 0.15) is 5.52 Å². The van der Waals surface area contributed by atoms with Crippen LogP contribution < -0.4 is 5.32 Å². The van der Waals surface area contributed by atoms with Crippen LogP contribution in [0.15, 0.2) is 22.6 Å². The third-order valence-corrected chi connectivity index (χ3v) is 3.69. The molecule has 0 atom stereocenters. The Hall–Kier alpha value is -1.49. The van der Waals surface area contributed by atoms with Crippen LogP contribution in [-0.2, 0) is 4.79 Å². The number of amides is 1. The number of anilines is 1. The van der Waals surface area contributed by atoms with E-state index in [1.165, 1.54) is 0 Å². The molecule has 1 aromatic carbocycles. The Kier molecular flexibility index (Phi) is 3.85. The molecule has 0 spiro atoms. The number of aryl methyl sites for hydroxylation is 1. The summed E-state index contributed by atoms with van der Waals surface area (Å²) in [5.41, 5.74) is 2.25. The van der Waals surface area contributed by atoms with Gasteiger partial charge in [0, 0.05) is 17.4 Å². The first-order chi connectivity index (χ1) is 8.83. The first-order valence-electron chi connectivity index (χ1n) is 6.14. The summed E-state index contributed by atoms with van der Waals surface area (Å²) in [4.78, 5) is 16.1. The number of hydrogen-bond donors (Lipinski definition) is 1. The molecule has 4 nitrogen and oxygen atoms in total. The van der Waals surface area contributed by atoms with Crippen molar-refractivity contribution in [1.82, 2.24) is 4.98 Å². The normalized spacial score (nSPS) is 11.8. The van der Waals surface area contributed by atoms with E-state index in [1.807, 2.05) is 18.2 Å². The molecule has 0 aliphatic heterocycles. The lowest BCUT2D eigenvalue weighted by atomic mass is 10.3. The molecule has 0 radical (unpaired) electrons. The van der Waals surface area contributed by atoms with E-state index in [-0.39, 0.29) is 10.7 Å². The van der Waals surface area contributed by atoms with Gasteiger partial charge in [-0.1, -0.05) is 20.8 Å². The molecule has 1 aromatic heterocycles. The summed E-state index contributed by atoms with van der Waals surface area (Å²) in [7, 11) is 0. The number of aromatic nitrogens is 1. The van der Waals surface area contributed by atoms with Gasteiger partial charge in [-0.2, -0.15) is 0 Å². The van der Waals surface area contributed by atoms with Gasteiger partial charge >= 0.3 is 0 Å². The third-order valence-electron chi connectivity index (χ3n) is 2.41. The van der Waals surface area contributed by atoms with E-state index in [0.29, 0.717) is 11.6 Å². The van der Waals surface area contributed by atoms with Crippen molar-refractivity contribution in [3.05, 3.63) is 24.1 Å². The Bertz CT molecular complexity index is 599. The molecule has 2 aromatic rings. The van der Waals surface area contributed by atoms with Crippen molar-refractivity contribution in [2.45, 2.75) is 32.4 Å². The fraction of sp³-hybridized carbons (Fsp3) is 0.429. The highest BCUT2D eigenvalue weighted by Crippen LogP contribution is 2.24. The number of benzene rings is 1. The van der Waals surface area contributed by atoms with Gasteiger partial charge in [0.05, 0.1) is 5.75 Å². The number of carbonyl (C=O) groups is 1. The van der Waals surface area contributed by atoms with Crippen molar-refractivity contribution in [3.63, 3.8) is 0 Å². The average Bonchev–Trinajstić information content (AvgIpc) is 2.65. The average molecular weight is 278 g/mol. The van der Waals surface area contributed by atoms with Crippen LogP contribution in [0, 0.1) is 6.92 Å². The second-order valence-corrected chi connectivity index (χ2v) is 7.17. The second-order valence-electron chi connectivity index (χ2n) is 5.36. The Labute approximate surface area is 117 Å². The highest BCUT2D eigenvalue weighted by molar-refractivity contribution is 8.01. The molecule has 1 N–H and O–H groups in total. The highest BCUT2D eigenvalue weighted by atomic mass is 32.2. The molecule has 1 amide bonds. The number of thioether (sulfide) groups is 1. The Morgan fingerprint density at radius 2 is 2.16 bits per heavy atom. The quantitative estimate of drug-likeness (QED) is 0.932. The number of hydrogen-bond acceptors (Lipinski definition) is 4. The van der Waals surface area contributed by atoms with Gasteiger partial charge in [0.25, 0.3) is 0 Å². The van der Waals surface area contributed by atoms with E-state index in [2.05, 4.69) is 31.1 Å². The van der Waals surface area contributed by atoms with Crippen molar-refractivity contribution in [2.24, 2.45) is 0 Å². The summed E-state index contributed by atoms with van der Waals surface area (Å²) < 4.78 is 5.48. The SMILES string of the molecule is Cc1nc2cc(NC(=O)CSC(C)(C)C)ccc2o1. The smallest absolute Gasteiger partial charge is 0.234 e. The number of carbonyl (C=O) groups excluding carboxylic acids is 1. The molecule has 102 valence electrons. The van der Waals surface area contributed by atoms with Crippen LogP contribution in [0.2, 0.25) is 0 Å². The topological polar surface area (TPSA) is 55.1 Å². The minimum absolute atomic E-state index is 0.000471. The van der Waals surface area contributed by atoms with Crippen LogP contribution in [0.4, 0.5) is 5.69 Å². The predicted octanol–water partition coefficient (Wildman–Crippen LogP) is 3.61.